The zero-order valence-electron chi connectivity index (χ0n) is 13.0. The maximum Gasteiger partial charge on any atom is 0.255 e. The largest absolute Gasteiger partial charge is 0.394 e. The number of carbonyl (C=O) groups excluding carboxylic acids is 1. The molecule has 1 heterocycles. The van der Waals surface area contributed by atoms with Crippen molar-refractivity contribution < 1.29 is 18.0 Å². The highest BCUT2D eigenvalue weighted by Gasteiger charge is 2.26. The number of aryl methyl sites for hydroxylation is 1. The molecule has 0 bridgehead atoms. The van der Waals surface area contributed by atoms with E-state index in [1.54, 1.807) is 24.3 Å². The summed E-state index contributed by atoms with van der Waals surface area (Å²) in [4.78, 5) is 17.2. The van der Waals surface area contributed by atoms with Crippen LogP contribution in [0.4, 0.5) is 5.69 Å². The van der Waals surface area contributed by atoms with E-state index in [1.807, 2.05) is 31.2 Å². The Labute approximate surface area is 140 Å². The number of rotatable bonds is 3. The van der Waals surface area contributed by atoms with Gasteiger partial charge in [-0.15, -0.1) is 0 Å². The van der Waals surface area contributed by atoms with E-state index in [2.05, 4.69) is 10.5 Å². The Balaban J connectivity index is 1.81. The smallest absolute Gasteiger partial charge is 0.255 e. The molecule has 124 valence electrons. The van der Waals surface area contributed by atoms with Crippen molar-refractivity contribution in [1.29, 1.82) is 0 Å². The van der Waals surface area contributed by atoms with Crippen LogP contribution in [-0.4, -0.2) is 31.7 Å². The van der Waals surface area contributed by atoms with Crippen LogP contribution in [-0.2, 0) is 14.7 Å². The predicted octanol–water partition coefficient (Wildman–Crippen LogP) is 2.35. The molecule has 24 heavy (non-hydrogen) atoms. The van der Waals surface area contributed by atoms with E-state index in [0.717, 1.165) is 11.3 Å². The fraction of sp³-hybridized carbons (Fsp3) is 0.176. The molecule has 2 aromatic rings. The second-order valence-electron chi connectivity index (χ2n) is 5.39. The molecular weight excluding hydrogens is 328 g/mol. The first-order valence-electron chi connectivity index (χ1n) is 7.37. The Hall–Kier alpha value is -2.67. The van der Waals surface area contributed by atoms with E-state index in [9.17, 15) is 13.2 Å². The number of nitrogens with one attached hydrogen (secondary N) is 1. The molecule has 0 atom stereocenters. The van der Waals surface area contributed by atoms with Gasteiger partial charge >= 0.3 is 0 Å². The van der Waals surface area contributed by atoms with Gasteiger partial charge in [0.25, 0.3) is 5.91 Å². The molecule has 1 amide bonds. The fourth-order valence-corrected chi connectivity index (χ4v) is 3.46. The minimum atomic E-state index is -3.44. The molecule has 0 saturated heterocycles. The van der Waals surface area contributed by atoms with Crippen molar-refractivity contribution in [1.82, 2.24) is 0 Å². The van der Waals surface area contributed by atoms with Crippen LogP contribution in [0, 0.1) is 6.92 Å². The lowest BCUT2D eigenvalue weighted by Crippen LogP contribution is -2.26. The van der Waals surface area contributed by atoms with Crippen LogP contribution in [0.25, 0.3) is 0 Å². The minimum Gasteiger partial charge on any atom is -0.394 e. The number of oxime groups is 1. The summed E-state index contributed by atoms with van der Waals surface area (Å²) in [7, 11) is -3.44. The third kappa shape index (κ3) is 3.30. The maximum atomic E-state index is 12.3. The molecule has 0 radical (unpaired) electrons. The average Bonchev–Trinajstić information content (AvgIpc) is 2.57. The average molecular weight is 344 g/mol. The van der Waals surface area contributed by atoms with Crippen molar-refractivity contribution in [2.45, 2.75) is 6.92 Å². The number of amides is 1. The van der Waals surface area contributed by atoms with Crippen LogP contribution in [0.3, 0.4) is 0 Å². The summed E-state index contributed by atoms with van der Waals surface area (Å²) < 4.78 is 24.0. The van der Waals surface area contributed by atoms with Crippen LogP contribution >= 0.6 is 0 Å². The molecule has 0 unspecified atom stereocenters. The summed E-state index contributed by atoms with van der Waals surface area (Å²) in [6.07, 6.45) is 0. The minimum absolute atomic E-state index is 0.0583. The van der Waals surface area contributed by atoms with Crippen LogP contribution < -0.4 is 5.32 Å². The SMILES string of the molecule is Cc1ccccc1NC(=O)c1ccc(C2=NOCCS2(=O)=O)cc1. The third-order valence-electron chi connectivity index (χ3n) is 3.67. The first-order chi connectivity index (χ1) is 11.5. The van der Waals surface area contributed by atoms with Gasteiger partial charge < -0.3 is 10.2 Å². The van der Waals surface area contributed by atoms with Gasteiger partial charge in [0.05, 0.1) is 5.75 Å². The summed E-state index contributed by atoms with van der Waals surface area (Å²) in [6, 6.07) is 13.7. The van der Waals surface area contributed by atoms with E-state index in [0.29, 0.717) is 11.1 Å². The first-order valence-corrected chi connectivity index (χ1v) is 9.03. The molecule has 0 fully saturated rings. The maximum absolute atomic E-state index is 12.3. The van der Waals surface area contributed by atoms with Gasteiger partial charge in [0, 0.05) is 16.8 Å². The third-order valence-corrected chi connectivity index (χ3v) is 5.28. The fourth-order valence-electron chi connectivity index (χ4n) is 2.31. The monoisotopic (exact) mass is 344 g/mol. The van der Waals surface area contributed by atoms with Crippen LogP contribution in [0.1, 0.15) is 21.5 Å². The lowest BCUT2D eigenvalue weighted by molar-refractivity contribution is 0.102. The number of hydrogen-bond donors (Lipinski definition) is 1. The molecule has 1 N–H and O–H groups in total. The van der Waals surface area contributed by atoms with Gasteiger partial charge in [-0.3, -0.25) is 4.79 Å². The molecule has 3 rings (SSSR count). The van der Waals surface area contributed by atoms with Crippen molar-refractivity contribution in [2.24, 2.45) is 5.16 Å². The van der Waals surface area contributed by atoms with E-state index < -0.39 is 9.84 Å². The number of benzene rings is 2. The lowest BCUT2D eigenvalue weighted by Gasteiger charge is -2.13. The quantitative estimate of drug-likeness (QED) is 0.926. The molecule has 2 aromatic carbocycles. The summed E-state index contributed by atoms with van der Waals surface area (Å²) in [6.45, 7) is 1.97. The highest BCUT2D eigenvalue weighted by atomic mass is 32.2. The predicted molar refractivity (Wildman–Crippen MR) is 91.9 cm³/mol. The second-order valence-corrected chi connectivity index (χ2v) is 7.42. The summed E-state index contributed by atoms with van der Waals surface area (Å²) >= 11 is 0. The molecule has 0 aromatic heterocycles. The summed E-state index contributed by atoms with van der Waals surface area (Å²) in [5.41, 5.74) is 2.53. The lowest BCUT2D eigenvalue weighted by atomic mass is 10.1. The van der Waals surface area contributed by atoms with Gasteiger partial charge in [0.15, 0.2) is 0 Å². The number of carbonyl (C=O) groups is 1. The Kier molecular flexibility index (Phi) is 4.35. The zero-order valence-corrected chi connectivity index (χ0v) is 13.8. The van der Waals surface area contributed by atoms with Gasteiger partial charge in [-0.25, -0.2) is 8.42 Å². The number of hydrogen-bond acceptors (Lipinski definition) is 5. The van der Waals surface area contributed by atoms with Crippen LogP contribution in [0.2, 0.25) is 0 Å². The van der Waals surface area contributed by atoms with Crippen LogP contribution in [0.15, 0.2) is 53.7 Å². The molecule has 7 heteroatoms. The first kappa shape index (κ1) is 16.2. The van der Waals surface area contributed by atoms with Crippen molar-refractivity contribution in [2.75, 3.05) is 17.7 Å². The summed E-state index contributed by atoms with van der Waals surface area (Å²) in [5.74, 6) is -0.359. The molecule has 0 saturated carbocycles. The van der Waals surface area contributed by atoms with E-state index in [4.69, 9.17) is 4.84 Å². The van der Waals surface area contributed by atoms with Gasteiger partial charge in [0.2, 0.25) is 14.9 Å². The van der Waals surface area contributed by atoms with Gasteiger partial charge in [-0.1, -0.05) is 35.5 Å². The summed E-state index contributed by atoms with van der Waals surface area (Å²) in [5, 5.41) is 6.37. The number of sulfone groups is 1. The Morgan fingerprint density at radius 3 is 2.50 bits per heavy atom. The second kappa shape index (κ2) is 6.45. The molecule has 6 nitrogen and oxygen atoms in total. The van der Waals surface area contributed by atoms with E-state index in [1.165, 1.54) is 0 Å². The van der Waals surface area contributed by atoms with E-state index >= 15 is 0 Å². The van der Waals surface area contributed by atoms with E-state index in [-0.39, 0.29) is 23.3 Å². The molecule has 0 spiro atoms. The molecular formula is C17H16N2O4S. The van der Waals surface area contributed by atoms with Gasteiger partial charge in [0.1, 0.15) is 6.61 Å². The Bertz CT molecular complexity index is 902. The Morgan fingerprint density at radius 2 is 1.83 bits per heavy atom. The van der Waals surface area contributed by atoms with Gasteiger partial charge in [-0.2, -0.15) is 0 Å². The van der Waals surface area contributed by atoms with Crippen LogP contribution in [0.5, 0.6) is 0 Å². The normalized spacial score (nSPS) is 16.0. The topological polar surface area (TPSA) is 84.8 Å². The highest BCUT2D eigenvalue weighted by molar-refractivity contribution is 8.07. The number of para-hydroxylation sites is 1. The van der Waals surface area contributed by atoms with Gasteiger partial charge in [-0.05, 0) is 30.7 Å². The Morgan fingerprint density at radius 1 is 1.12 bits per heavy atom. The molecule has 1 aliphatic heterocycles. The highest BCUT2D eigenvalue weighted by Crippen LogP contribution is 2.17. The number of nitrogens with zero attached hydrogens (tertiary/aromatic N) is 1. The van der Waals surface area contributed by atoms with Crippen molar-refractivity contribution in [3.8, 4) is 0 Å². The molecule has 0 aliphatic carbocycles. The number of anilines is 1. The molecule has 1 aliphatic rings. The van der Waals surface area contributed by atoms with Crippen molar-refractivity contribution in [3.05, 3.63) is 65.2 Å². The standard InChI is InChI=1S/C17H16N2O4S/c1-12-4-2-3-5-15(12)18-16(20)13-6-8-14(9-7-13)17-19-23-10-11-24(17,21)22/h2-9H,10-11H2,1H3,(H,18,20). The zero-order chi connectivity index (χ0) is 17.2. The van der Waals surface area contributed by atoms with Crippen molar-refractivity contribution in [3.63, 3.8) is 0 Å². The van der Waals surface area contributed by atoms with Crippen molar-refractivity contribution >= 4 is 26.5 Å².